The summed E-state index contributed by atoms with van der Waals surface area (Å²) < 4.78 is 39.1. The molecule has 1 aromatic heterocycles. The molecule has 0 fully saturated rings. The molecule has 0 aliphatic rings. The van der Waals surface area contributed by atoms with Gasteiger partial charge in [0.05, 0.1) is 11.3 Å². The predicted octanol–water partition coefficient (Wildman–Crippen LogP) is 2.34. The summed E-state index contributed by atoms with van der Waals surface area (Å²) >= 11 is 0. The highest BCUT2D eigenvalue weighted by Crippen LogP contribution is 2.29. The van der Waals surface area contributed by atoms with Gasteiger partial charge in [-0.05, 0) is 30.3 Å². The molecule has 1 amide bonds. The first-order valence-electron chi connectivity index (χ1n) is 7.33. The molecule has 0 aliphatic carbocycles. The number of H-pyrrole nitrogens is 1. The quantitative estimate of drug-likeness (QED) is 0.621. The largest absolute Gasteiger partial charge is 0.416 e. The minimum Gasteiger partial charge on any atom is -0.273 e. The molecule has 134 valence electrons. The fourth-order valence-electron chi connectivity index (χ4n) is 2.15. The maximum Gasteiger partial charge on any atom is 0.416 e. The van der Waals surface area contributed by atoms with Crippen LogP contribution in [0, 0.1) is 0 Å². The van der Waals surface area contributed by atoms with E-state index < -0.39 is 23.3 Å². The first-order chi connectivity index (χ1) is 12.3. The summed E-state index contributed by atoms with van der Waals surface area (Å²) in [5.41, 5.74) is 3.38. The molecular weight excluding hydrogens is 351 g/mol. The maximum atomic E-state index is 12.8. The molecule has 0 atom stereocenters. The van der Waals surface area contributed by atoms with Crippen molar-refractivity contribution >= 4 is 11.9 Å². The Balaban J connectivity index is 1.78. The molecule has 2 aromatic carbocycles. The van der Waals surface area contributed by atoms with Gasteiger partial charge in [0.1, 0.15) is 0 Å². The number of amides is 1. The van der Waals surface area contributed by atoms with E-state index in [1.165, 1.54) is 12.1 Å². The van der Waals surface area contributed by atoms with Gasteiger partial charge in [0.25, 0.3) is 5.91 Å². The Hall–Kier alpha value is -3.56. The van der Waals surface area contributed by atoms with Crippen LogP contribution in [0.2, 0.25) is 0 Å². The standard InChI is InChI=1S/C16H12F3N5O2/c17-16(18,19)11-7-4-8-12(9-11)24-15(26)20-14(23-24)22-21-13(25)10-5-2-1-3-6-10/h1-9H,(H,21,25)(H2,20,22,23,26). The van der Waals surface area contributed by atoms with Crippen LogP contribution >= 0.6 is 0 Å². The van der Waals surface area contributed by atoms with Crippen molar-refractivity contribution in [2.24, 2.45) is 0 Å². The van der Waals surface area contributed by atoms with Crippen LogP contribution in [0.25, 0.3) is 5.69 Å². The summed E-state index contributed by atoms with van der Waals surface area (Å²) in [5, 5.41) is 3.82. The third-order valence-corrected chi connectivity index (χ3v) is 3.37. The smallest absolute Gasteiger partial charge is 0.273 e. The van der Waals surface area contributed by atoms with Crippen LogP contribution in [-0.4, -0.2) is 20.7 Å². The Morgan fingerprint density at radius 3 is 2.50 bits per heavy atom. The molecule has 26 heavy (non-hydrogen) atoms. The summed E-state index contributed by atoms with van der Waals surface area (Å²) in [6.45, 7) is 0. The van der Waals surface area contributed by atoms with Gasteiger partial charge >= 0.3 is 11.9 Å². The highest BCUT2D eigenvalue weighted by atomic mass is 19.4. The molecule has 3 rings (SSSR count). The minimum absolute atomic E-state index is 0.0662. The van der Waals surface area contributed by atoms with Crippen molar-refractivity contribution in [2.45, 2.75) is 6.18 Å². The Kier molecular flexibility index (Phi) is 4.48. The summed E-state index contributed by atoms with van der Waals surface area (Å²) in [5.74, 6) is -0.600. The zero-order chi connectivity index (χ0) is 18.7. The summed E-state index contributed by atoms with van der Waals surface area (Å²) in [4.78, 5) is 26.1. The van der Waals surface area contributed by atoms with Crippen molar-refractivity contribution < 1.29 is 18.0 Å². The fourth-order valence-corrected chi connectivity index (χ4v) is 2.15. The van der Waals surface area contributed by atoms with E-state index in [-0.39, 0.29) is 11.6 Å². The molecule has 0 bridgehead atoms. The van der Waals surface area contributed by atoms with Crippen molar-refractivity contribution in [2.75, 3.05) is 5.43 Å². The number of halogens is 3. The van der Waals surface area contributed by atoms with E-state index in [1.54, 1.807) is 30.3 Å². The normalized spacial score (nSPS) is 11.2. The van der Waals surface area contributed by atoms with E-state index in [9.17, 15) is 22.8 Å². The van der Waals surface area contributed by atoms with E-state index in [2.05, 4.69) is 20.9 Å². The van der Waals surface area contributed by atoms with Gasteiger partial charge in [-0.25, -0.2) is 4.79 Å². The lowest BCUT2D eigenvalue weighted by atomic mass is 10.2. The third-order valence-electron chi connectivity index (χ3n) is 3.37. The highest BCUT2D eigenvalue weighted by molar-refractivity contribution is 5.94. The number of hydrogen-bond donors (Lipinski definition) is 3. The Bertz CT molecular complexity index is 979. The van der Waals surface area contributed by atoms with Crippen LogP contribution < -0.4 is 16.5 Å². The molecule has 0 radical (unpaired) electrons. The number of alkyl halides is 3. The van der Waals surface area contributed by atoms with Crippen molar-refractivity contribution in [3.63, 3.8) is 0 Å². The van der Waals surface area contributed by atoms with E-state index in [1.807, 2.05) is 0 Å². The number of hydrogen-bond acceptors (Lipinski definition) is 4. The zero-order valence-corrected chi connectivity index (χ0v) is 13.0. The van der Waals surface area contributed by atoms with E-state index in [4.69, 9.17) is 0 Å². The number of hydrazine groups is 1. The molecule has 3 aromatic rings. The van der Waals surface area contributed by atoms with E-state index in [0.717, 1.165) is 16.8 Å². The Labute approximate surface area is 144 Å². The number of aromatic nitrogens is 3. The summed E-state index contributed by atoms with van der Waals surface area (Å²) in [7, 11) is 0. The van der Waals surface area contributed by atoms with Crippen LogP contribution in [0.5, 0.6) is 0 Å². The second kappa shape index (κ2) is 6.75. The lowest BCUT2D eigenvalue weighted by Crippen LogP contribution is -2.30. The number of benzene rings is 2. The fraction of sp³-hybridized carbons (Fsp3) is 0.0625. The van der Waals surface area contributed by atoms with Crippen LogP contribution in [0.15, 0.2) is 59.4 Å². The number of anilines is 1. The second-order valence-electron chi connectivity index (χ2n) is 5.18. The van der Waals surface area contributed by atoms with Gasteiger partial charge in [-0.1, -0.05) is 24.3 Å². The monoisotopic (exact) mass is 363 g/mol. The van der Waals surface area contributed by atoms with Crippen molar-refractivity contribution in [3.8, 4) is 5.69 Å². The molecule has 0 spiro atoms. The van der Waals surface area contributed by atoms with E-state index >= 15 is 0 Å². The molecule has 0 aliphatic heterocycles. The molecule has 10 heteroatoms. The number of nitrogens with zero attached hydrogens (tertiary/aromatic N) is 2. The van der Waals surface area contributed by atoms with Crippen molar-refractivity contribution in [3.05, 3.63) is 76.2 Å². The average Bonchev–Trinajstić information content (AvgIpc) is 3.00. The highest BCUT2D eigenvalue weighted by Gasteiger charge is 2.30. The number of rotatable bonds is 4. The Morgan fingerprint density at radius 1 is 1.08 bits per heavy atom. The SMILES string of the molecule is O=C(NNc1nn(-c2cccc(C(F)(F)F)c2)c(=O)[nH]1)c1ccccc1. The first-order valence-corrected chi connectivity index (χ1v) is 7.33. The number of nitrogens with one attached hydrogen (secondary N) is 3. The summed E-state index contributed by atoms with van der Waals surface area (Å²) in [6.07, 6.45) is -4.54. The van der Waals surface area contributed by atoms with Crippen LogP contribution in [0.4, 0.5) is 19.1 Å². The molecule has 0 saturated heterocycles. The maximum absolute atomic E-state index is 12.8. The lowest BCUT2D eigenvalue weighted by Gasteiger charge is -2.08. The molecular formula is C16H12F3N5O2. The van der Waals surface area contributed by atoms with Crippen molar-refractivity contribution in [1.82, 2.24) is 20.2 Å². The third kappa shape index (κ3) is 3.74. The van der Waals surface area contributed by atoms with Gasteiger partial charge in [0, 0.05) is 5.56 Å². The van der Waals surface area contributed by atoms with Crippen LogP contribution in [-0.2, 0) is 6.18 Å². The number of aromatic amines is 1. The first kappa shape index (κ1) is 17.3. The zero-order valence-electron chi connectivity index (χ0n) is 13.0. The van der Waals surface area contributed by atoms with Gasteiger partial charge < -0.3 is 0 Å². The Morgan fingerprint density at radius 2 is 1.81 bits per heavy atom. The van der Waals surface area contributed by atoms with Crippen molar-refractivity contribution in [1.29, 1.82) is 0 Å². The lowest BCUT2D eigenvalue weighted by molar-refractivity contribution is -0.137. The van der Waals surface area contributed by atoms with Gasteiger partial charge in [0.15, 0.2) is 0 Å². The van der Waals surface area contributed by atoms with Gasteiger partial charge in [-0.2, -0.15) is 17.9 Å². The number of carbonyl (C=O) groups is 1. The molecule has 0 unspecified atom stereocenters. The van der Waals surface area contributed by atoms with Gasteiger partial charge in [-0.15, -0.1) is 5.10 Å². The number of carbonyl (C=O) groups excluding carboxylic acids is 1. The molecule has 3 N–H and O–H groups in total. The topological polar surface area (TPSA) is 91.8 Å². The molecule has 1 heterocycles. The molecule has 0 saturated carbocycles. The van der Waals surface area contributed by atoms with Gasteiger partial charge in [-0.3, -0.25) is 20.6 Å². The van der Waals surface area contributed by atoms with Crippen LogP contribution in [0.1, 0.15) is 15.9 Å². The molecule has 7 nitrogen and oxygen atoms in total. The van der Waals surface area contributed by atoms with Crippen LogP contribution in [0.3, 0.4) is 0 Å². The second-order valence-corrected chi connectivity index (χ2v) is 5.18. The predicted molar refractivity (Wildman–Crippen MR) is 86.7 cm³/mol. The van der Waals surface area contributed by atoms with Gasteiger partial charge in [0.2, 0.25) is 5.95 Å². The average molecular weight is 363 g/mol. The van der Waals surface area contributed by atoms with E-state index in [0.29, 0.717) is 5.56 Å². The minimum atomic E-state index is -4.54. The summed E-state index contributed by atoms with van der Waals surface area (Å²) in [6, 6.07) is 12.4.